The summed E-state index contributed by atoms with van der Waals surface area (Å²) in [6, 6.07) is 0. The molecule has 0 aliphatic rings. The first-order valence-corrected chi connectivity index (χ1v) is 14.2. The Hall–Kier alpha value is -0.640. The summed E-state index contributed by atoms with van der Waals surface area (Å²) in [6.07, 6.45) is 29.4. The van der Waals surface area contributed by atoms with Crippen LogP contribution in [0.15, 0.2) is 5.10 Å². The highest BCUT2D eigenvalue weighted by atomic mass is 32.1. The molecule has 0 radical (unpaired) electrons. The van der Waals surface area contributed by atoms with E-state index in [1.165, 1.54) is 122 Å². The molecule has 0 aliphatic heterocycles. The Morgan fingerprint density at radius 1 is 0.677 bits per heavy atom. The molecule has 3 nitrogen and oxygen atoms in total. The van der Waals surface area contributed by atoms with Crippen LogP contribution in [-0.4, -0.2) is 17.9 Å². The van der Waals surface area contributed by atoms with E-state index < -0.39 is 0 Å². The second-order valence-electron chi connectivity index (χ2n) is 9.26. The highest BCUT2D eigenvalue weighted by Gasteiger charge is 2.01. The van der Waals surface area contributed by atoms with Crippen molar-refractivity contribution in [3.63, 3.8) is 0 Å². The van der Waals surface area contributed by atoms with E-state index in [0.29, 0.717) is 11.0 Å². The predicted molar refractivity (Wildman–Crippen MR) is 145 cm³/mol. The Labute approximate surface area is 201 Å². The first-order chi connectivity index (χ1) is 15.2. The first-order valence-electron chi connectivity index (χ1n) is 13.8. The van der Waals surface area contributed by atoms with Crippen LogP contribution in [0.1, 0.15) is 149 Å². The van der Waals surface area contributed by atoms with Crippen molar-refractivity contribution < 1.29 is 0 Å². The van der Waals surface area contributed by atoms with Gasteiger partial charge in [-0.1, -0.05) is 130 Å². The summed E-state index contributed by atoms with van der Waals surface area (Å²) >= 11 is 5.30. The normalized spacial score (nSPS) is 12.4. The Kier molecular flexibility index (Phi) is 25.1. The van der Waals surface area contributed by atoms with Gasteiger partial charge in [0.1, 0.15) is 0 Å². The number of hydrazone groups is 1. The molecule has 184 valence electrons. The summed E-state index contributed by atoms with van der Waals surface area (Å²) in [4.78, 5) is 0. The minimum Gasteiger partial charge on any atom is -0.361 e. The van der Waals surface area contributed by atoms with Crippen LogP contribution < -0.4 is 10.7 Å². The zero-order valence-electron chi connectivity index (χ0n) is 21.4. The molecule has 4 heteroatoms. The SMILES string of the molecule is CCCCCCCCCCCCCCCCCCNC(=S)N/N=C/[C@@H](CC)CCCC. The molecule has 0 unspecified atom stereocenters. The molecule has 0 aromatic heterocycles. The lowest BCUT2D eigenvalue weighted by Gasteiger charge is -2.09. The maximum absolute atomic E-state index is 5.30. The van der Waals surface area contributed by atoms with Gasteiger partial charge in [0.05, 0.1) is 0 Å². The van der Waals surface area contributed by atoms with Crippen molar-refractivity contribution in [3.8, 4) is 0 Å². The van der Waals surface area contributed by atoms with E-state index in [4.69, 9.17) is 12.2 Å². The topological polar surface area (TPSA) is 36.4 Å². The molecular formula is C27H55N3S. The molecule has 0 saturated carbocycles. The highest BCUT2D eigenvalue weighted by Crippen LogP contribution is 2.13. The smallest absolute Gasteiger partial charge is 0.186 e. The van der Waals surface area contributed by atoms with Crippen LogP contribution in [0.3, 0.4) is 0 Å². The lowest BCUT2D eigenvalue weighted by molar-refractivity contribution is 0.529. The number of unbranched alkanes of at least 4 members (excludes halogenated alkanes) is 16. The van der Waals surface area contributed by atoms with Gasteiger partial charge in [-0.05, 0) is 37.4 Å². The van der Waals surface area contributed by atoms with Gasteiger partial charge >= 0.3 is 0 Å². The molecule has 0 amide bonds. The van der Waals surface area contributed by atoms with E-state index in [0.717, 1.165) is 13.0 Å². The molecule has 1 atom stereocenters. The fourth-order valence-electron chi connectivity index (χ4n) is 3.97. The lowest BCUT2D eigenvalue weighted by atomic mass is 10.0. The van der Waals surface area contributed by atoms with Crippen LogP contribution in [0.4, 0.5) is 0 Å². The molecule has 0 saturated heterocycles. The molecule has 0 fully saturated rings. The third-order valence-corrected chi connectivity index (χ3v) is 6.46. The first kappa shape index (κ1) is 30.4. The van der Waals surface area contributed by atoms with Gasteiger partial charge in [0.2, 0.25) is 0 Å². The second kappa shape index (κ2) is 25.6. The van der Waals surface area contributed by atoms with Crippen molar-refractivity contribution in [2.45, 2.75) is 149 Å². The fourth-order valence-corrected chi connectivity index (χ4v) is 4.12. The Bertz CT molecular complexity index is 398. The Morgan fingerprint density at radius 2 is 1.13 bits per heavy atom. The van der Waals surface area contributed by atoms with E-state index in [1.807, 2.05) is 6.21 Å². The molecular weight excluding hydrogens is 398 g/mol. The van der Waals surface area contributed by atoms with Crippen molar-refractivity contribution in [3.05, 3.63) is 0 Å². The number of nitrogens with zero attached hydrogens (tertiary/aromatic N) is 1. The third kappa shape index (κ3) is 23.8. The van der Waals surface area contributed by atoms with Gasteiger partial charge in [-0.2, -0.15) is 5.10 Å². The zero-order valence-corrected chi connectivity index (χ0v) is 22.2. The summed E-state index contributed by atoms with van der Waals surface area (Å²) in [5, 5.41) is 8.24. The van der Waals surface area contributed by atoms with Gasteiger partial charge in [0, 0.05) is 12.8 Å². The molecule has 0 bridgehead atoms. The van der Waals surface area contributed by atoms with Crippen LogP contribution in [0.5, 0.6) is 0 Å². The van der Waals surface area contributed by atoms with Gasteiger partial charge in [-0.15, -0.1) is 0 Å². The van der Waals surface area contributed by atoms with Crippen LogP contribution in [-0.2, 0) is 0 Å². The fraction of sp³-hybridized carbons (Fsp3) is 0.926. The summed E-state index contributed by atoms with van der Waals surface area (Å²) < 4.78 is 0. The molecule has 0 rings (SSSR count). The van der Waals surface area contributed by atoms with Gasteiger partial charge in [-0.25, -0.2) is 0 Å². The lowest BCUT2D eigenvalue weighted by Crippen LogP contribution is -2.32. The van der Waals surface area contributed by atoms with E-state index in [2.05, 4.69) is 36.6 Å². The van der Waals surface area contributed by atoms with Crippen LogP contribution in [0.2, 0.25) is 0 Å². The van der Waals surface area contributed by atoms with E-state index in [-0.39, 0.29) is 0 Å². The average Bonchev–Trinajstić information content (AvgIpc) is 2.78. The maximum Gasteiger partial charge on any atom is 0.186 e. The standard InChI is InChI=1S/C27H55N3S/c1-4-7-9-10-11-12-13-14-15-16-17-18-19-20-21-22-24-28-27(31)30-29-25-26(6-3)23-8-5-2/h25-26H,4-24H2,1-3H3,(H2,28,30,31)/b29-25+/t26-/m0/s1. The van der Waals surface area contributed by atoms with E-state index in [1.54, 1.807) is 0 Å². The van der Waals surface area contributed by atoms with Gasteiger partial charge in [-0.3, -0.25) is 5.43 Å². The van der Waals surface area contributed by atoms with Crippen LogP contribution in [0, 0.1) is 5.92 Å². The van der Waals surface area contributed by atoms with Gasteiger partial charge in [0.25, 0.3) is 0 Å². The largest absolute Gasteiger partial charge is 0.361 e. The number of rotatable bonds is 23. The molecule has 0 aromatic carbocycles. The van der Waals surface area contributed by atoms with Crippen molar-refractivity contribution in [1.29, 1.82) is 0 Å². The highest BCUT2D eigenvalue weighted by molar-refractivity contribution is 7.80. The molecule has 0 spiro atoms. The third-order valence-electron chi connectivity index (χ3n) is 6.22. The monoisotopic (exact) mass is 453 g/mol. The van der Waals surface area contributed by atoms with Crippen LogP contribution in [0.25, 0.3) is 0 Å². The number of nitrogens with one attached hydrogen (secondary N) is 2. The molecule has 0 heterocycles. The van der Waals surface area contributed by atoms with Crippen molar-refractivity contribution in [2.24, 2.45) is 11.0 Å². The van der Waals surface area contributed by atoms with Gasteiger partial charge < -0.3 is 5.32 Å². The van der Waals surface area contributed by atoms with Crippen molar-refractivity contribution >= 4 is 23.5 Å². The zero-order chi connectivity index (χ0) is 22.8. The number of hydrogen-bond donors (Lipinski definition) is 2. The minimum atomic E-state index is 0.565. The molecule has 0 aliphatic carbocycles. The predicted octanol–water partition coefficient (Wildman–Crippen LogP) is 8.91. The molecule has 2 N–H and O–H groups in total. The Balaban J connectivity index is 3.31. The average molecular weight is 454 g/mol. The summed E-state index contributed by atoms with van der Waals surface area (Å²) in [6.45, 7) is 7.70. The van der Waals surface area contributed by atoms with Gasteiger partial charge in [0.15, 0.2) is 5.11 Å². The molecule has 31 heavy (non-hydrogen) atoms. The van der Waals surface area contributed by atoms with Crippen LogP contribution >= 0.6 is 12.2 Å². The number of hydrogen-bond acceptors (Lipinski definition) is 2. The van der Waals surface area contributed by atoms with Crippen molar-refractivity contribution in [2.75, 3.05) is 6.54 Å². The second-order valence-corrected chi connectivity index (χ2v) is 9.67. The summed E-state index contributed by atoms with van der Waals surface area (Å²) in [5.41, 5.74) is 2.97. The minimum absolute atomic E-state index is 0.565. The maximum atomic E-state index is 5.30. The van der Waals surface area contributed by atoms with E-state index >= 15 is 0 Å². The summed E-state index contributed by atoms with van der Waals surface area (Å²) in [5.74, 6) is 0.565. The molecule has 0 aromatic rings. The quantitative estimate of drug-likeness (QED) is 0.0701. The summed E-state index contributed by atoms with van der Waals surface area (Å²) in [7, 11) is 0. The Morgan fingerprint density at radius 3 is 1.58 bits per heavy atom. The van der Waals surface area contributed by atoms with Crippen molar-refractivity contribution in [1.82, 2.24) is 10.7 Å². The van der Waals surface area contributed by atoms with E-state index in [9.17, 15) is 0 Å². The number of thiocarbonyl (C=S) groups is 1.